The van der Waals surface area contributed by atoms with Gasteiger partial charge >= 0.3 is 0 Å². The fraction of sp³-hybridized carbons (Fsp3) is 0.375. The largest absolute Gasteiger partial charge is 0.497 e. The van der Waals surface area contributed by atoms with Crippen molar-refractivity contribution >= 4 is 23.4 Å². The van der Waals surface area contributed by atoms with E-state index < -0.39 is 0 Å². The van der Waals surface area contributed by atoms with Gasteiger partial charge in [0.15, 0.2) is 11.0 Å². The maximum atomic E-state index is 12.7. The molecule has 0 radical (unpaired) electrons. The first kappa shape index (κ1) is 23.1. The van der Waals surface area contributed by atoms with Gasteiger partial charge in [0, 0.05) is 12.2 Å². The van der Waals surface area contributed by atoms with Crippen molar-refractivity contribution in [3.63, 3.8) is 0 Å². The van der Waals surface area contributed by atoms with Crippen LogP contribution in [0.1, 0.15) is 18.4 Å². The second kappa shape index (κ2) is 10.7. The number of benzene rings is 2. The van der Waals surface area contributed by atoms with E-state index in [0.29, 0.717) is 23.1 Å². The summed E-state index contributed by atoms with van der Waals surface area (Å²) < 4.78 is 18.5. The Morgan fingerprint density at radius 3 is 2.70 bits per heavy atom. The van der Waals surface area contributed by atoms with Gasteiger partial charge in [-0.05, 0) is 61.7 Å². The number of thioether (sulfide) groups is 1. The van der Waals surface area contributed by atoms with E-state index in [-0.39, 0.29) is 17.8 Å². The first-order valence-electron chi connectivity index (χ1n) is 10.8. The number of anilines is 1. The third-order valence-electron chi connectivity index (χ3n) is 5.44. The predicted molar refractivity (Wildman–Crippen MR) is 128 cm³/mol. The molecule has 1 atom stereocenters. The standard InChI is InChI=1S/C24H28N4O4S/c1-16-6-11-21(31-3)20(13-16)25-22(29)15-33-24-27-26-23(17-7-9-18(30-2)10-8-17)28(24)14-19-5-4-12-32-19/h6-11,13,19H,4-5,12,14-15H2,1-3H3,(H,25,29). The molecule has 1 unspecified atom stereocenters. The Kier molecular flexibility index (Phi) is 7.51. The number of amides is 1. The molecule has 33 heavy (non-hydrogen) atoms. The Hall–Kier alpha value is -3.04. The van der Waals surface area contributed by atoms with Crippen molar-refractivity contribution in [2.75, 3.05) is 31.9 Å². The van der Waals surface area contributed by atoms with Crippen LogP contribution in [0.4, 0.5) is 5.69 Å². The Bertz CT molecular complexity index is 1090. The van der Waals surface area contributed by atoms with Gasteiger partial charge in [-0.1, -0.05) is 17.8 Å². The molecule has 3 aromatic rings. The first-order chi connectivity index (χ1) is 16.1. The third-order valence-corrected chi connectivity index (χ3v) is 6.40. The van der Waals surface area contributed by atoms with E-state index in [2.05, 4.69) is 15.5 Å². The molecule has 1 amide bonds. The minimum Gasteiger partial charge on any atom is -0.497 e. The topological polar surface area (TPSA) is 87.5 Å². The molecular formula is C24H28N4O4S. The van der Waals surface area contributed by atoms with Crippen LogP contribution in [0.25, 0.3) is 11.4 Å². The number of hydrogen-bond donors (Lipinski definition) is 1. The number of nitrogens with one attached hydrogen (secondary N) is 1. The van der Waals surface area contributed by atoms with E-state index in [0.717, 1.165) is 42.1 Å². The zero-order chi connectivity index (χ0) is 23.2. The summed E-state index contributed by atoms with van der Waals surface area (Å²) in [6.45, 7) is 3.38. The summed E-state index contributed by atoms with van der Waals surface area (Å²) in [4.78, 5) is 12.7. The van der Waals surface area contributed by atoms with Crippen molar-refractivity contribution in [3.8, 4) is 22.9 Å². The summed E-state index contributed by atoms with van der Waals surface area (Å²) >= 11 is 1.35. The van der Waals surface area contributed by atoms with Crippen LogP contribution >= 0.6 is 11.8 Å². The van der Waals surface area contributed by atoms with Crippen LogP contribution in [0.3, 0.4) is 0 Å². The predicted octanol–water partition coefficient (Wildman–Crippen LogP) is 4.18. The molecule has 0 spiro atoms. The highest BCUT2D eigenvalue weighted by Gasteiger charge is 2.22. The summed E-state index contributed by atoms with van der Waals surface area (Å²) in [6.07, 6.45) is 2.16. The lowest BCUT2D eigenvalue weighted by Crippen LogP contribution is -2.18. The van der Waals surface area contributed by atoms with Crippen LogP contribution in [-0.2, 0) is 16.1 Å². The highest BCUT2D eigenvalue weighted by molar-refractivity contribution is 7.99. The lowest BCUT2D eigenvalue weighted by Gasteiger charge is -2.15. The molecule has 4 rings (SSSR count). The molecule has 9 heteroatoms. The lowest BCUT2D eigenvalue weighted by atomic mass is 10.2. The number of hydrogen-bond acceptors (Lipinski definition) is 7. The van der Waals surface area contributed by atoms with E-state index in [9.17, 15) is 4.79 Å². The number of methoxy groups -OCH3 is 2. The monoisotopic (exact) mass is 468 g/mol. The van der Waals surface area contributed by atoms with Gasteiger partial charge in [0.1, 0.15) is 11.5 Å². The van der Waals surface area contributed by atoms with Crippen molar-refractivity contribution in [3.05, 3.63) is 48.0 Å². The number of aryl methyl sites for hydroxylation is 1. The maximum absolute atomic E-state index is 12.7. The van der Waals surface area contributed by atoms with Crippen molar-refractivity contribution < 1.29 is 19.0 Å². The summed E-state index contributed by atoms with van der Waals surface area (Å²) in [6, 6.07) is 13.4. The second-order valence-electron chi connectivity index (χ2n) is 7.82. The van der Waals surface area contributed by atoms with Crippen LogP contribution < -0.4 is 14.8 Å². The Morgan fingerprint density at radius 1 is 1.18 bits per heavy atom. The van der Waals surface area contributed by atoms with E-state index in [4.69, 9.17) is 14.2 Å². The van der Waals surface area contributed by atoms with Crippen molar-refractivity contribution in [2.24, 2.45) is 0 Å². The Morgan fingerprint density at radius 2 is 2.00 bits per heavy atom. The van der Waals surface area contributed by atoms with E-state index in [1.165, 1.54) is 11.8 Å². The SMILES string of the molecule is COc1ccc(-c2nnc(SCC(=O)Nc3cc(C)ccc3OC)n2CC2CCCO2)cc1. The average molecular weight is 469 g/mol. The van der Waals surface area contributed by atoms with Crippen molar-refractivity contribution in [1.29, 1.82) is 0 Å². The molecule has 2 heterocycles. The minimum atomic E-state index is -0.137. The smallest absolute Gasteiger partial charge is 0.234 e. The maximum Gasteiger partial charge on any atom is 0.234 e. The number of aromatic nitrogens is 3. The fourth-order valence-electron chi connectivity index (χ4n) is 3.74. The molecule has 1 aliphatic heterocycles. The zero-order valence-corrected chi connectivity index (χ0v) is 19.9. The van der Waals surface area contributed by atoms with Crippen molar-refractivity contribution in [2.45, 2.75) is 37.6 Å². The number of ether oxygens (including phenoxy) is 3. The van der Waals surface area contributed by atoms with Gasteiger partial charge in [0.2, 0.25) is 5.91 Å². The van der Waals surface area contributed by atoms with Crippen LogP contribution in [0, 0.1) is 6.92 Å². The van der Waals surface area contributed by atoms with Gasteiger partial charge < -0.3 is 19.5 Å². The van der Waals surface area contributed by atoms with Gasteiger partial charge in [0.05, 0.1) is 38.3 Å². The van der Waals surface area contributed by atoms with Gasteiger partial charge in [0.25, 0.3) is 0 Å². The second-order valence-corrected chi connectivity index (χ2v) is 8.76. The van der Waals surface area contributed by atoms with Gasteiger partial charge in [-0.2, -0.15) is 0 Å². The first-order valence-corrected chi connectivity index (χ1v) is 11.8. The minimum absolute atomic E-state index is 0.114. The van der Waals surface area contributed by atoms with Crippen LogP contribution in [0.15, 0.2) is 47.6 Å². The number of rotatable bonds is 9. The molecule has 174 valence electrons. The molecule has 0 aliphatic carbocycles. The molecule has 0 bridgehead atoms. The van der Waals surface area contributed by atoms with Crippen LogP contribution in [0.2, 0.25) is 0 Å². The quantitative estimate of drug-likeness (QED) is 0.471. The summed E-state index contributed by atoms with van der Waals surface area (Å²) in [5.74, 6) is 2.21. The molecular weight excluding hydrogens is 440 g/mol. The molecule has 8 nitrogen and oxygen atoms in total. The molecule has 0 saturated carbocycles. The molecule has 1 saturated heterocycles. The summed E-state index contributed by atoms with van der Waals surface area (Å²) in [5, 5.41) is 12.4. The average Bonchev–Trinajstić information content (AvgIpc) is 3.48. The van der Waals surface area contributed by atoms with Crippen LogP contribution in [0.5, 0.6) is 11.5 Å². The fourth-order valence-corrected chi connectivity index (χ4v) is 4.49. The van der Waals surface area contributed by atoms with Gasteiger partial charge in [-0.3, -0.25) is 9.36 Å². The number of carbonyl (C=O) groups is 1. The zero-order valence-electron chi connectivity index (χ0n) is 19.0. The highest BCUT2D eigenvalue weighted by Crippen LogP contribution is 2.29. The molecule has 1 fully saturated rings. The van der Waals surface area contributed by atoms with Gasteiger partial charge in [-0.15, -0.1) is 10.2 Å². The Labute approximate surface area is 197 Å². The molecule has 1 aliphatic rings. The normalized spacial score (nSPS) is 15.4. The summed E-state index contributed by atoms with van der Waals surface area (Å²) in [5.41, 5.74) is 2.63. The van der Waals surface area contributed by atoms with E-state index in [1.54, 1.807) is 14.2 Å². The lowest BCUT2D eigenvalue weighted by molar-refractivity contribution is -0.113. The highest BCUT2D eigenvalue weighted by atomic mass is 32.2. The molecule has 1 N–H and O–H groups in total. The van der Waals surface area contributed by atoms with Crippen molar-refractivity contribution in [1.82, 2.24) is 14.8 Å². The summed E-state index contributed by atoms with van der Waals surface area (Å²) in [7, 11) is 3.23. The number of carbonyl (C=O) groups excluding carboxylic acids is 1. The Balaban J connectivity index is 1.51. The van der Waals surface area contributed by atoms with E-state index in [1.807, 2.05) is 54.0 Å². The number of nitrogens with zero attached hydrogens (tertiary/aromatic N) is 3. The van der Waals surface area contributed by atoms with Gasteiger partial charge in [-0.25, -0.2) is 0 Å². The van der Waals surface area contributed by atoms with E-state index >= 15 is 0 Å². The molecule has 2 aromatic carbocycles. The molecule has 1 aromatic heterocycles. The van der Waals surface area contributed by atoms with Crippen LogP contribution in [-0.4, -0.2) is 53.4 Å². The third kappa shape index (κ3) is 5.66.